The average Bonchev–Trinajstić information content (AvgIpc) is 3.83. The van der Waals surface area contributed by atoms with Crippen molar-refractivity contribution in [3.63, 3.8) is 0 Å². The van der Waals surface area contributed by atoms with E-state index in [1.807, 2.05) is 78.9 Å². The molecule has 1 aliphatic rings. The monoisotopic (exact) mass is 860 g/mol. The van der Waals surface area contributed by atoms with Crippen molar-refractivity contribution in [2.75, 3.05) is 27.4 Å². The van der Waals surface area contributed by atoms with Crippen LogP contribution in [-0.4, -0.2) is 91.5 Å². The SMILES string of the molecule is COc1ccc(C(OC[C@H]2O[C@@H](n3cnc(C(N)=O)n3)[C@H](O[Si](C)(C)C(C)(C)C)[C@@H]2OP(OCCC#N)N(C(C)C)C(C)C)(c2ccccc2)c2ccc(OC)cc2)cc1. The third-order valence-electron chi connectivity index (χ3n) is 11.0. The van der Waals surface area contributed by atoms with E-state index >= 15 is 0 Å². The fourth-order valence-electron chi connectivity index (χ4n) is 7.02. The molecular weight excluding hydrogens is 800 g/mol. The summed E-state index contributed by atoms with van der Waals surface area (Å²) in [4.78, 5) is 16.5. The van der Waals surface area contributed by atoms with Gasteiger partial charge in [-0.25, -0.2) is 14.3 Å². The Morgan fingerprint density at radius 1 is 0.917 bits per heavy atom. The molecule has 60 heavy (non-hydrogen) atoms. The molecule has 16 heteroatoms. The number of benzene rings is 3. The van der Waals surface area contributed by atoms with E-state index in [1.165, 1.54) is 11.0 Å². The predicted octanol–water partition coefficient (Wildman–Crippen LogP) is 8.35. The van der Waals surface area contributed by atoms with Gasteiger partial charge in [0.15, 0.2) is 14.5 Å². The number of amides is 1. The zero-order valence-corrected chi connectivity index (χ0v) is 38.6. The average molecular weight is 861 g/mol. The van der Waals surface area contributed by atoms with Gasteiger partial charge in [0.1, 0.15) is 41.7 Å². The number of aromatic nitrogens is 3. The second-order valence-electron chi connectivity index (χ2n) is 16.8. The number of hydrogen-bond acceptors (Lipinski definition) is 12. The van der Waals surface area contributed by atoms with Crippen LogP contribution in [0.1, 0.15) is 88.4 Å². The molecule has 4 aromatic rings. The van der Waals surface area contributed by atoms with Gasteiger partial charge in [0.25, 0.3) is 14.4 Å². The van der Waals surface area contributed by atoms with E-state index in [-0.39, 0.29) is 42.6 Å². The first-order valence-electron chi connectivity index (χ1n) is 20.2. The number of rotatable bonds is 20. The minimum absolute atomic E-state index is 0.00637. The van der Waals surface area contributed by atoms with Crippen LogP contribution in [0.2, 0.25) is 18.1 Å². The van der Waals surface area contributed by atoms with Crippen LogP contribution in [0.25, 0.3) is 0 Å². The van der Waals surface area contributed by atoms with E-state index in [4.69, 9.17) is 38.2 Å². The van der Waals surface area contributed by atoms with Crippen LogP contribution in [0.4, 0.5) is 0 Å². The van der Waals surface area contributed by atoms with Crippen LogP contribution < -0.4 is 15.2 Å². The van der Waals surface area contributed by atoms with Crippen molar-refractivity contribution in [2.45, 2.75) is 115 Å². The Bertz CT molecular complexity index is 1970. The molecule has 1 aliphatic heterocycles. The van der Waals surface area contributed by atoms with Gasteiger partial charge in [-0.3, -0.25) is 4.79 Å². The second kappa shape index (κ2) is 20.1. The molecule has 0 bridgehead atoms. The molecule has 2 N–H and O–H groups in total. The van der Waals surface area contributed by atoms with Crippen molar-refractivity contribution in [1.29, 1.82) is 5.26 Å². The predicted molar refractivity (Wildman–Crippen MR) is 233 cm³/mol. The maximum absolute atomic E-state index is 12.3. The fraction of sp³-hybridized carbons (Fsp3) is 0.500. The van der Waals surface area contributed by atoms with E-state index in [1.54, 1.807) is 14.2 Å². The zero-order valence-electron chi connectivity index (χ0n) is 36.7. The Morgan fingerprint density at radius 3 is 1.93 bits per heavy atom. The molecular formula is C44H61N6O8PSi. The third kappa shape index (κ3) is 10.4. The first-order valence-corrected chi connectivity index (χ1v) is 24.3. The first-order chi connectivity index (χ1) is 28.5. The highest BCUT2D eigenvalue weighted by Crippen LogP contribution is 2.52. The molecule has 1 fully saturated rings. The van der Waals surface area contributed by atoms with Gasteiger partial charge in [0, 0.05) is 12.1 Å². The maximum atomic E-state index is 12.3. The highest BCUT2D eigenvalue weighted by atomic mass is 31.2. The maximum Gasteiger partial charge on any atom is 0.288 e. The summed E-state index contributed by atoms with van der Waals surface area (Å²) in [7, 11) is -1.11. The number of carbonyl (C=O) groups excluding carboxylic acids is 1. The van der Waals surface area contributed by atoms with Crippen molar-refractivity contribution in [3.8, 4) is 17.6 Å². The smallest absolute Gasteiger partial charge is 0.288 e. The number of nitrogens with two attached hydrogens (primary N) is 1. The Balaban J connectivity index is 1.71. The molecule has 1 amide bonds. The number of methoxy groups -OCH3 is 2. The van der Waals surface area contributed by atoms with Crippen molar-refractivity contribution in [2.24, 2.45) is 5.73 Å². The van der Waals surface area contributed by atoms with Gasteiger partial charge in [-0.15, -0.1) is 5.10 Å². The molecule has 1 unspecified atom stereocenters. The van der Waals surface area contributed by atoms with Crippen LogP contribution in [0, 0.1) is 11.3 Å². The number of carbonyl (C=O) groups is 1. The highest BCUT2D eigenvalue weighted by molar-refractivity contribution is 7.44. The lowest BCUT2D eigenvalue weighted by atomic mass is 9.80. The Hall–Kier alpha value is -4.23. The molecule has 3 aromatic carbocycles. The van der Waals surface area contributed by atoms with Crippen molar-refractivity contribution < 1.29 is 37.2 Å². The summed E-state index contributed by atoms with van der Waals surface area (Å²) in [5, 5.41) is 13.8. The molecule has 1 saturated heterocycles. The van der Waals surface area contributed by atoms with Crippen molar-refractivity contribution in [1.82, 2.24) is 19.4 Å². The molecule has 0 radical (unpaired) electrons. The van der Waals surface area contributed by atoms with Gasteiger partial charge in [-0.1, -0.05) is 75.4 Å². The van der Waals surface area contributed by atoms with E-state index in [2.05, 4.69) is 82.4 Å². The lowest BCUT2D eigenvalue weighted by molar-refractivity contribution is -0.0960. The minimum atomic E-state index is -2.59. The second-order valence-corrected chi connectivity index (χ2v) is 22.9. The van der Waals surface area contributed by atoms with Gasteiger partial charge in [0.2, 0.25) is 5.82 Å². The Morgan fingerprint density at radius 2 is 1.47 bits per heavy atom. The van der Waals surface area contributed by atoms with E-state index < -0.39 is 52.9 Å². The van der Waals surface area contributed by atoms with Crippen LogP contribution in [0.3, 0.4) is 0 Å². The first kappa shape index (κ1) is 46.8. The summed E-state index contributed by atoms with van der Waals surface area (Å²) < 4.78 is 50.3. The standard InChI is InChI=1S/C44H61N6O8PSi/c1-30(2)50(31(3)4)59(55-27-15-26-45)57-38-37(56-42(49-29-47-41(48-49)40(46)51)39(38)58-60(10,11)43(5,6)7)28-54-44(32-16-13-12-14-17-32,33-18-22-35(52-8)23-19-33)34-20-24-36(53-9)25-21-34/h12-14,16-25,29-31,37-39,42H,15,27-28H2,1-11H3,(H2,46,51)/t37-,38-,39-,42-,59?/m1/s1. The summed E-state index contributed by atoms with van der Waals surface area (Å²) >= 11 is 0. The lowest BCUT2D eigenvalue weighted by Gasteiger charge is -2.42. The Kier molecular flexibility index (Phi) is 15.7. The summed E-state index contributed by atoms with van der Waals surface area (Å²) in [5.74, 6) is 0.470. The summed E-state index contributed by atoms with van der Waals surface area (Å²) in [6, 6.07) is 27.9. The molecule has 324 valence electrons. The van der Waals surface area contributed by atoms with E-state index in [0.29, 0.717) is 11.5 Å². The number of hydrogen-bond donors (Lipinski definition) is 1. The number of nitriles is 1. The molecule has 1 aromatic heterocycles. The molecule has 5 rings (SSSR count). The highest BCUT2D eigenvalue weighted by Gasteiger charge is 2.54. The van der Waals surface area contributed by atoms with E-state index in [0.717, 1.165) is 16.7 Å². The van der Waals surface area contributed by atoms with Crippen molar-refractivity contribution in [3.05, 3.63) is 108 Å². The third-order valence-corrected chi connectivity index (χ3v) is 17.6. The number of primary amides is 1. The van der Waals surface area contributed by atoms with Crippen LogP contribution >= 0.6 is 8.53 Å². The molecule has 14 nitrogen and oxygen atoms in total. The Labute approximate surface area is 357 Å². The largest absolute Gasteiger partial charge is 0.497 e. The molecule has 0 spiro atoms. The van der Waals surface area contributed by atoms with Gasteiger partial charge in [-0.05, 0) is 86.8 Å². The molecule has 5 atom stereocenters. The summed E-state index contributed by atoms with van der Waals surface area (Å²) in [6.07, 6.45) is -1.67. The number of ether oxygens (including phenoxy) is 4. The zero-order chi connectivity index (χ0) is 43.8. The van der Waals surface area contributed by atoms with Crippen LogP contribution in [0.5, 0.6) is 11.5 Å². The van der Waals surface area contributed by atoms with Gasteiger partial charge in [-0.2, -0.15) is 5.26 Å². The lowest BCUT2D eigenvalue weighted by Crippen LogP contribution is -2.50. The summed E-state index contributed by atoms with van der Waals surface area (Å²) in [6.45, 7) is 19.3. The normalized spacial score (nSPS) is 19.1. The van der Waals surface area contributed by atoms with Crippen LogP contribution in [0.15, 0.2) is 85.2 Å². The molecule has 2 heterocycles. The summed E-state index contributed by atoms with van der Waals surface area (Å²) in [5.41, 5.74) is 7.02. The quantitative estimate of drug-likeness (QED) is 0.0391. The van der Waals surface area contributed by atoms with Crippen molar-refractivity contribution >= 4 is 22.8 Å². The van der Waals surface area contributed by atoms with Gasteiger partial charge in [0.05, 0.1) is 39.9 Å². The fourth-order valence-corrected chi connectivity index (χ4v) is 10.1. The van der Waals surface area contributed by atoms with Gasteiger partial charge >= 0.3 is 0 Å². The number of nitrogens with zero attached hydrogens (tertiary/aromatic N) is 5. The van der Waals surface area contributed by atoms with E-state index in [9.17, 15) is 10.1 Å². The minimum Gasteiger partial charge on any atom is -0.497 e. The van der Waals surface area contributed by atoms with Gasteiger partial charge < -0.3 is 38.2 Å². The molecule has 0 aliphatic carbocycles. The topological polar surface area (TPSA) is 165 Å². The molecule has 0 saturated carbocycles. The van der Waals surface area contributed by atoms with Crippen LogP contribution in [-0.2, 0) is 28.5 Å².